The van der Waals surface area contributed by atoms with Crippen molar-refractivity contribution in [2.45, 2.75) is 58.3 Å². The molecule has 0 saturated carbocycles. The Hall–Kier alpha value is -0.560. The summed E-state index contributed by atoms with van der Waals surface area (Å²) in [5, 5.41) is 0.596. The molecule has 1 nitrogen and oxygen atoms in total. The maximum atomic E-state index is 5.92. The number of unbranched alkanes of at least 4 members (excludes halogenated alkanes) is 3. The Morgan fingerprint density at radius 2 is 1.94 bits per heavy atom. The van der Waals surface area contributed by atoms with Gasteiger partial charge in [-0.3, -0.25) is 0 Å². The summed E-state index contributed by atoms with van der Waals surface area (Å²) in [4.78, 5) is 4.41. The molecule has 0 fully saturated rings. The number of hydrogen-bond donors (Lipinski definition) is 0. The van der Waals surface area contributed by atoms with Crippen molar-refractivity contribution in [2.24, 2.45) is 0 Å². The van der Waals surface area contributed by atoms with Gasteiger partial charge in [0.25, 0.3) is 0 Å². The molecule has 0 N–H and O–H groups in total. The normalized spacial score (nSPS) is 11.8. The molecule has 90 valence electrons. The summed E-state index contributed by atoms with van der Waals surface area (Å²) in [6.07, 6.45) is 6.39. The second kappa shape index (κ2) is 6.24. The fraction of sp³-hybridized carbons (Fsp3) is 0.643. The summed E-state index contributed by atoms with van der Waals surface area (Å²) in [6.45, 7) is 6.74. The topological polar surface area (TPSA) is 12.9 Å². The number of pyridine rings is 1. The molecule has 1 aromatic rings. The van der Waals surface area contributed by atoms with Gasteiger partial charge < -0.3 is 0 Å². The Labute approximate surface area is 104 Å². The Kier molecular flexibility index (Phi) is 5.27. The summed E-state index contributed by atoms with van der Waals surface area (Å²) in [7, 11) is 0. The third kappa shape index (κ3) is 4.13. The third-order valence-electron chi connectivity index (χ3n) is 3.06. The van der Waals surface area contributed by atoms with Gasteiger partial charge in [-0.15, -0.1) is 0 Å². The smallest absolute Gasteiger partial charge is 0.129 e. The molecule has 0 aliphatic rings. The van der Waals surface area contributed by atoms with E-state index in [1.807, 2.05) is 12.1 Å². The molecule has 0 unspecified atom stereocenters. The van der Waals surface area contributed by atoms with Crippen molar-refractivity contribution in [3.05, 3.63) is 29.0 Å². The Balaban J connectivity index is 2.55. The summed E-state index contributed by atoms with van der Waals surface area (Å²) in [6, 6.07) is 5.89. The minimum Gasteiger partial charge on any atom is -0.241 e. The highest BCUT2D eigenvalue weighted by molar-refractivity contribution is 6.29. The van der Waals surface area contributed by atoms with Gasteiger partial charge in [0.2, 0.25) is 0 Å². The average Bonchev–Trinajstić information content (AvgIpc) is 2.24. The lowest BCUT2D eigenvalue weighted by Crippen LogP contribution is -2.18. The fourth-order valence-corrected chi connectivity index (χ4v) is 2.07. The monoisotopic (exact) mass is 239 g/mol. The molecule has 0 radical (unpaired) electrons. The standard InChI is InChI=1S/C14H22ClN/c1-4-5-6-7-11-14(2,3)12-9-8-10-13(15)16-12/h8-10H,4-7,11H2,1-3H3. The highest BCUT2D eigenvalue weighted by Gasteiger charge is 2.21. The van der Waals surface area contributed by atoms with Crippen LogP contribution in [-0.4, -0.2) is 4.98 Å². The van der Waals surface area contributed by atoms with E-state index in [9.17, 15) is 0 Å². The van der Waals surface area contributed by atoms with E-state index in [0.29, 0.717) is 5.15 Å². The van der Waals surface area contributed by atoms with Gasteiger partial charge in [-0.1, -0.05) is 64.1 Å². The van der Waals surface area contributed by atoms with Crippen molar-refractivity contribution < 1.29 is 0 Å². The van der Waals surface area contributed by atoms with Gasteiger partial charge in [0, 0.05) is 11.1 Å². The lowest BCUT2D eigenvalue weighted by Gasteiger charge is -2.24. The molecule has 1 rings (SSSR count). The van der Waals surface area contributed by atoms with Crippen LogP contribution in [0.2, 0.25) is 5.15 Å². The molecule has 2 heteroatoms. The van der Waals surface area contributed by atoms with Crippen molar-refractivity contribution in [1.29, 1.82) is 0 Å². The van der Waals surface area contributed by atoms with Gasteiger partial charge >= 0.3 is 0 Å². The second-order valence-corrected chi connectivity index (χ2v) is 5.43. The SMILES string of the molecule is CCCCCCC(C)(C)c1cccc(Cl)n1. The highest BCUT2D eigenvalue weighted by atomic mass is 35.5. The van der Waals surface area contributed by atoms with Crippen LogP contribution in [0.4, 0.5) is 0 Å². The molecule has 0 spiro atoms. The van der Waals surface area contributed by atoms with Crippen LogP contribution in [0.5, 0.6) is 0 Å². The van der Waals surface area contributed by atoms with Crippen LogP contribution in [0.25, 0.3) is 0 Å². The number of hydrogen-bond acceptors (Lipinski definition) is 1. The molecule has 0 atom stereocenters. The summed E-state index contributed by atoms with van der Waals surface area (Å²) in [5.74, 6) is 0. The third-order valence-corrected chi connectivity index (χ3v) is 3.27. The molecule has 0 bridgehead atoms. The molecule has 1 heterocycles. The lowest BCUT2D eigenvalue weighted by molar-refractivity contribution is 0.435. The summed E-state index contributed by atoms with van der Waals surface area (Å²) < 4.78 is 0. The summed E-state index contributed by atoms with van der Waals surface area (Å²) >= 11 is 5.92. The van der Waals surface area contributed by atoms with E-state index in [0.717, 1.165) is 5.69 Å². The molecule has 1 aromatic heterocycles. The zero-order chi connectivity index (χ0) is 12.0. The molecule has 0 aromatic carbocycles. The van der Waals surface area contributed by atoms with Crippen LogP contribution in [0.1, 0.15) is 58.6 Å². The minimum absolute atomic E-state index is 0.138. The maximum Gasteiger partial charge on any atom is 0.129 e. The number of halogens is 1. The largest absolute Gasteiger partial charge is 0.241 e. The Morgan fingerprint density at radius 3 is 2.56 bits per heavy atom. The molecule has 16 heavy (non-hydrogen) atoms. The number of aromatic nitrogens is 1. The van der Waals surface area contributed by atoms with Crippen molar-refractivity contribution in [2.75, 3.05) is 0 Å². The molecule has 0 aliphatic heterocycles. The quantitative estimate of drug-likeness (QED) is 0.504. The predicted octanol–water partition coefficient (Wildman–Crippen LogP) is 4.98. The van der Waals surface area contributed by atoms with E-state index >= 15 is 0 Å². The van der Waals surface area contributed by atoms with Crippen molar-refractivity contribution in [3.8, 4) is 0 Å². The molecular formula is C14H22ClN. The van der Waals surface area contributed by atoms with Gasteiger partial charge in [-0.05, 0) is 18.6 Å². The van der Waals surface area contributed by atoms with Gasteiger partial charge in [-0.25, -0.2) is 4.98 Å². The Bertz CT molecular complexity index is 320. The van der Waals surface area contributed by atoms with E-state index in [4.69, 9.17) is 11.6 Å². The first-order chi connectivity index (χ1) is 7.56. The van der Waals surface area contributed by atoms with Crippen molar-refractivity contribution >= 4 is 11.6 Å². The predicted molar refractivity (Wildman–Crippen MR) is 71.0 cm³/mol. The van der Waals surface area contributed by atoms with Crippen LogP contribution in [0.15, 0.2) is 18.2 Å². The van der Waals surface area contributed by atoms with Gasteiger partial charge in [0.1, 0.15) is 5.15 Å². The molecular weight excluding hydrogens is 218 g/mol. The van der Waals surface area contributed by atoms with Gasteiger partial charge in [-0.2, -0.15) is 0 Å². The molecule has 0 aliphatic carbocycles. The first-order valence-corrected chi connectivity index (χ1v) is 6.57. The fourth-order valence-electron chi connectivity index (χ4n) is 1.91. The van der Waals surface area contributed by atoms with Crippen LogP contribution in [0.3, 0.4) is 0 Å². The zero-order valence-corrected chi connectivity index (χ0v) is 11.3. The van der Waals surface area contributed by atoms with Crippen molar-refractivity contribution in [3.63, 3.8) is 0 Å². The number of rotatable bonds is 6. The highest BCUT2D eigenvalue weighted by Crippen LogP contribution is 2.28. The van der Waals surface area contributed by atoms with E-state index in [1.165, 1.54) is 32.1 Å². The van der Waals surface area contributed by atoms with Gasteiger partial charge in [0.15, 0.2) is 0 Å². The number of nitrogens with zero attached hydrogens (tertiary/aromatic N) is 1. The van der Waals surface area contributed by atoms with E-state index in [1.54, 1.807) is 0 Å². The lowest BCUT2D eigenvalue weighted by atomic mass is 9.83. The minimum atomic E-state index is 0.138. The average molecular weight is 240 g/mol. The molecule has 0 amide bonds. The van der Waals surface area contributed by atoms with E-state index < -0.39 is 0 Å². The van der Waals surface area contributed by atoms with Crippen LogP contribution >= 0.6 is 11.6 Å². The maximum absolute atomic E-state index is 5.92. The first-order valence-electron chi connectivity index (χ1n) is 6.19. The van der Waals surface area contributed by atoms with Gasteiger partial charge in [0.05, 0.1) is 0 Å². The Morgan fingerprint density at radius 1 is 1.19 bits per heavy atom. The first kappa shape index (κ1) is 13.5. The van der Waals surface area contributed by atoms with Crippen LogP contribution < -0.4 is 0 Å². The zero-order valence-electron chi connectivity index (χ0n) is 10.6. The van der Waals surface area contributed by atoms with E-state index in [-0.39, 0.29) is 5.41 Å². The molecule has 0 saturated heterocycles. The van der Waals surface area contributed by atoms with Crippen LogP contribution in [-0.2, 0) is 5.41 Å². The van der Waals surface area contributed by atoms with Crippen molar-refractivity contribution in [1.82, 2.24) is 4.98 Å². The van der Waals surface area contributed by atoms with E-state index in [2.05, 4.69) is 31.8 Å². The second-order valence-electron chi connectivity index (χ2n) is 5.04. The summed E-state index contributed by atoms with van der Waals surface area (Å²) in [5.41, 5.74) is 1.25. The van der Waals surface area contributed by atoms with Crippen LogP contribution in [0, 0.1) is 0 Å².